The Balaban J connectivity index is 0.000000132. The molecule has 12 rings (SSSR count). The maximum atomic E-state index is 11.8. The molecule has 0 spiro atoms. The van der Waals surface area contributed by atoms with Crippen LogP contribution in [0.4, 0.5) is 0 Å². The van der Waals surface area contributed by atoms with E-state index in [9.17, 15) is 14.4 Å². The highest BCUT2D eigenvalue weighted by Crippen LogP contribution is 2.33. The molecule has 0 aliphatic carbocycles. The number of hydrogen-bond acceptors (Lipinski definition) is 15. The van der Waals surface area contributed by atoms with Gasteiger partial charge in [0.15, 0.2) is 17.5 Å². The van der Waals surface area contributed by atoms with Gasteiger partial charge in [-0.05, 0) is 50.6 Å². The average Bonchev–Trinajstić information content (AvgIpc) is 4.32. The number of rotatable bonds is 11. The summed E-state index contributed by atoms with van der Waals surface area (Å²) in [6.45, 7) is 7.61. The molecule has 6 N–H and O–H groups in total. The minimum absolute atomic E-state index is 0.175. The third kappa shape index (κ3) is 9.27. The smallest absolute Gasteiger partial charge is 0.267 e. The lowest BCUT2D eigenvalue weighted by Crippen LogP contribution is -2.14. The minimum atomic E-state index is -0.594. The number of amides is 3. The number of aryl methyl sites for hydroxylation is 10. The fourth-order valence-electron chi connectivity index (χ4n) is 9.03. The SMILES string of the molecule is CCn1cc(-c2cn(C)c(-c3nc(C(N)=O)cc4c3cnn4C)n2)cn1.CCn1ncc(C)c1-c1cn(C)c(-c2nc(C(N)=O)cc3c2cnn3C)n1.Cn1ccc(-c2cn(C)c(-c3nc(C(N)=O)cc4c3cnn4C)n2)n1. The highest BCUT2D eigenvalue weighted by Gasteiger charge is 2.23. The predicted molar refractivity (Wildman–Crippen MR) is 288 cm³/mol. The summed E-state index contributed by atoms with van der Waals surface area (Å²) in [6, 6.07) is 6.81. The van der Waals surface area contributed by atoms with Crippen LogP contribution in [0.25, 0.3) is 101 Å². The number of aromatic nitrogens is 21. The molecule has 0 saturated heterocycles. The van der Waals surface area contributed by atoms with Crippen LogP contribution >= 0.6 is 0 Å². The van der Waals surface area contributed by atoms with Crippen molar-refractivity contribution in [3.05, 3.63) is 109 Å². The van der Waals surface area contributed by atoms with Crippen molar-refractivity contribution in [2.45, 2.75) is 33.9 Å². The molecule has 78 heavy (non-hydrogen) atoms. The number of carbonyl (C=O) groups is 3. The molecule has 0 aromatic carbocycles. The molecule has 0 atom stereocenters. The summed E-state index contributed by atoms with van der Waals surface area (Å²) in [7, 11) is 12.9. The third-order valence-electron chi connectivity index (χ3n) is 13.1. The fourth-order valence-corrected chi connectivity index (χ4v) is 9.03. The molecule has 396 valence electrons. The Kier molecular flexibility index (Phi) is 13.1. The molecule has 0 aliphatic rings. The van der Waals surface area contributed by atoms with Crippen molar-refractivity contribution >= 4 is 50.4 Å². The van der Waals surface area contributed by atoms with Crippen LogP contribution in [-0.4, -0.2) is 120 Å². The van der Waals surface area contributed by atoms with E-state index < -0.39 is 17.7 Å². The first-order chi connectivity index (χ1) is 37.3. The van der Waals surface area contributed by atoms with Crippen molar-refractivity contribution in [3.8, 4) is 68.6 Å². The van der Waals surface area contributed by atoms with Crippen molar-refractivity contribution in [3.63, 3.8) is 0 Å². The van der Waals surface area contributed by atoms with E-state index >= 15 is 0 Å². The predicted octanol–water partition coefficient (Wildman–Crippen LogP) is 3.88. The molecular formula is C51H54N24O3. The molecule has 27 nitrogen and oxygen atoms in total. The van der Waals surface area contributed by atoms with Gasteiger partial charge in [-0.2, -0.15) is 30.6 Å². The summed E-state index contributed by atoms with van der Waals surface area (Å²) in [6.07, 6.45) is 18.3. The molecule has 0 unspecified atom stereocenters. The second kappa shape index (κ2) is 20.0. The van der Waals surface area contributed by atoms with Gasteiger partial charge in [0.1, 0.15) is 51.2 Å². The topological polar surface area (TPSA) is 328 Å². The van der Waals surface area contributed by atoms with Gasteiger partial charge in [0.05, 0.1) is 58.9 Å². The summed E-state index contributed by atoms with van der Waals surface area (Å²) in [5, 5.41) is 28.3. The number of primary amides is 3. The minimum Gasteiger partial charge on any atom is -0.364 e. The number of pyridine rings is 3. The van der Waals surface area contributed by atoms with Crippen LogP contribution in [0.5, 0.6) is 0 Å². The summed E-state index contributed by atoms with van der Waals surface area (Å²) in [5.74, 6) is 0.103. The number of hydrogen-bond donors (Lipinski definition) is 3. The van der Waals surface area contributed by atoms with E-state index in [4.69, 9.17) is 27.2 Å². The fraction of sp³-hybridized carbons (Fsp3) is 0.235. The van der Waals surface area contributed by atoms with Gasteiger partial charge in [0.2, 0.25) is 0 Å². The van der Waals surface area contributed by atoms with Crippen molar-refractivity contribution in [2.24, 2.45) is 66.5 Å². The Labute approximate surface area is 443 Å². The summed E-state index contributed by atoms with van der Waals surface area (Å²) in [5.41, 5.74) is 26.9. The number of imidazole rings is 3. The highest BCUT2D eigenvalue weighted by molar-refractivity contribution is 6.01. The van der Waals surface area contributed by atoms with Gasteiger partial charge < -0.3 is 30.9 Å². The number of nitrogens with zero attached hydrogens (tertiary/aromatic N) is 21. The maximum Gasteiger partial charge on any atom is 0.267 e. The Morgan fingerprint density at radius 1 is 0.487 bits per heavy atom. The van der Waals surface area contributed by atoms with Crippen molar-refractivity contribution in [1.29, 1.82) is 0 Å². The zero-order valence-electron chi connectivity index (χ0n) is 44.3. The molecule has 12 aromatic heterocycles. The molecule has 0 fully saturated rings. The Morgan fingerprint density at radius 3 is 1.33 bits per heavy atom. The first-order valence-corrected chi connectivity index (χ1v) is 24.4. The van der Waals surface area contributed by atoms with E-state index in [2.05, 4.69) is 50.5 Å². The van der Waals surface area contributed by atoms with Crippen molar-refractivity contribution in [1.82, 2.24) is 102 Å². The maximum absolute atomic E-state index is 11.8. The first kappa shape index (κ1) is 51.0. The van der Waals surface area contributed by atoms with E-state index in [0.29, 0.717) is 34.6 Å². The Bertz CT molecular complexity index is 4290. The molecule has 0 bridgehead atoms. The lowest BCUT2D eigenvalue weighted by Gasteiger charge is -2.05. The second-order valence-corrected chi connectivity index (χ2v) is 18.4. The number of nitrogens with two attached hydrogens (primary N) is 3. The van der Waals surface area contributed by atoms with Crippen LogP contribution < -0.4 is 17.2 Å². The van der Waals surface area contributed by atoms with Gasteiger partial charge >= 0.3 is 0 Å². The van der Waals surface area contributed by atoms with Crippen LogP contribution in [-0.2, 0) is 62.4 Å². The lowest BCUT2D eigenvalue weighted by molar-refractivity contribution is 0.0987. The quantitative estimate of drug-likeness (QED) is 0.166. The molecule has 0 aliphatic heterocycles. The van der Waals surface area contributed by atoms with E-state index in [0.717, 1.165) is 85.4 Å². The molecule has 0 saturated carbocycles. The molecule has 12 heterocycles. The van der Waals surface area contributed by atoms with E-state index in [1.165, 1.54) is 0 Å². The summed E-state index contributed by atoms with van der Waals surface area (Å²) in [4.78, 5) is 62.6. The first-order valence-electron chi connectivity index (χ1n) is 24.4. The van der Waals surface area contributed by atoms with E-state index in [-0.39, 0.29) is 17.1 Å². The zero-order valence-corrected chi connectivity index (χ0v) is 44.3. The molecule has 3 amide bonds. The van der Waals surface area contributed by atoms with Gasteiger partial charge in [-0.15, -0.1) is 0 Å². The van der Waals surface area contributed by atoms with Gasteiger partial charge in [0, 0.05) is 115 Å². The third-order valence-corrected chi connectivity index (χ3v) is 13.1. The van der Waals surface area contributed by atoms with Crippen LogP contribution in [0.2, 0.25) is 0 Å². The summed E-state index contributed by atoms with van der Waals surface area (Å²) < 4.78 is 16.1. The standard InChI is InChI=1S/C18H20N8O.C17H18N8O.C16H16N8O/c1-5-26-16(10(2)7-21-26)13-9-24(3)18(23-13)15-11-8-20-25(4)14(11)6-12(22-15)17(19)27;1-4-25-8-10(6-20-25)13-9-23(2)17(22-13)15-11-7-19-24(3)14(11)5-12(21-15)16(18)26;1-22-8-12(10-4-5-23(2)21-10)20-16(22)14-9-7-18-24(3)13(9)6-11(19-14)15(17)25/h6-9H,5H2,1-4H3,(H2,19,27);5-9H,4H2,1-3H3,(H2,18,26);4-8H,1-3H3,(H2,17,25). The number of fused-ring (bicyclic) bond motifs is 3. The largest absolute Gasteiger partial charge is 0.364 e. The molecule has 12 aromatic rings. The van der Waals surface area contributed by atoms with Gasteiger partial charge in [0.25, 0.3) is 17.7 Å². The normalized spacial score (nSPS) is 11.4. The monoisotopic (exact) mass is 1050 g/mol. The highest BCUT2D eigenvalue weighted by atomic mass is 16.2. The van der Waals surface area contributed by atoms with E-state index in [1.54, 1.807) is 75.8 Å². The van der Waals surface area contributed by atoms with Crippen LogP contribution in [0.1, 0.15) is 50.9 Å². The number of carbonyl (C=O) groups excluding carboxylic acids is 3. The van der Waals surface area contributed by atoms with Gasteiger partial charge in [-0.1, -0.05) is 0 Å². The Hall–Kier alpha value is -10.5. The van der Waals surface area contributed by atoms with Crippen LogP contribution in [0, 0.1) is 6.92 Å². The lowest BCUT2D eigenvalue weighted by atomic mass is 10.2. The molecule has 27 heteroatoms. The van der Waals surface area contributed by atoms with Crippen molar-refractivity contribution in [2.75, 3.05) is 0 Å². The van der Waals surface area contributed by atoms with E-state index in [1.807, 2.05) is 122 Å². The van der Waals surface area contributed by atoms with Gasteiger partial charge in [-0.3, -0.25) is 42.5 Å². The Morgan fingerprint density at radius 2 is 0.923 bits per heavy atom. The van der Waals surface area contributed by atoms with Gasteiger partial charge in [-0.25, -0.2) is 29.9 Å². The van der Waals surface area contributed by atoms with Crippen LogP contribution in [0.3, 0.4) is 0 Å². The zero-order chi connectivity index (χ0) is 55.4. The average molecular weight is 1050 g/mol. The molecular weight excluding hydrogens is 997 g/mol. The molecule has 0 radical (unpaired) electrons. The summed E-state index contributed by atoms with van der Waals surface area (Å²) >= 11 is 0. The van der Waals surface area contributed by atoms with Crippen molar-refractivity contribution < 1.29 is 14.4 Å². The second-order valence-electron chi connectivity index (χ2n) is 18.4. The van der Waals surface area contributed by atoms with Crippen LogP contribution in [0.15, 0.2) is 86.2 Å².